The second-order valence-electron chi connectivity index (χ2n) is 5.37. The standard InChI is InChI=1S/C15H20N2OS/c1-10-5-3-4-6-12(10)16-15-17-13-8-7-11(18-2)9-14(13)19-15/h7-10,12H,3-6H2,1-2H3,(H,16,17)/t10-,12-/m1/s1. The number of nitrogens with zero attached hydrogens (tertiary/aromatic N) is 1. The summed E-state index contributed by atoms with van der Waals surface area (Å²) < 4.78 is 6.44. The monoisotopic (exact) mass is 276 g/mol. The van der Waals surface area contributed by atoms with Crippen LogP contribution in [0.1, 0.15) is 32.6 Å². The highest BCUT2D eigenvalue weighted by molar-refractivity contribution is 7.22. The Hall–Kier alpha value is -1.29. The van der Waals surface area contributed by atoms with E-state index < -0.39 is 0 Å². The molecular formula is C15H20N2OS. The van der Waals surface area contributed by atoms with Crippen molar-refractivity contribution in [2.75, 3.05) is 12.4 Å². The molecule has 4 heteroatoms. The van der Waals surface area contributed by atoms with Crippen LogP contribution in [0.25, 0.3) is 10.2 Å². The first kappa shape index (κ1) is 12.7. The summed E-state index contributed by atoms with van der Waals surface area (Å²) in [5, 5.41) is 4.67. The molecule has 0 radical (unpaired) electrons. The lowest BCUT2D eigenvalue weighted by Gasteiger charge is -2.29. The van der Waals surface area contributed by atoms with Gasteiger partial charge in [-0.1, -0.05) is 31.1 Å². The average Bonchev–Trinajstić information content (AvgIpc) is 2.82. The molecule has 1 aliphatic rings. The van der Waals surface area contributed by atoms with Crippen molar-refractivity contribution in [3.8, 4) is 5.75 Å². The summed E-state index contributed by atoms with van der Waals surface area (Å²) in [4.78, 5) is 4.67. The third-order valence-corrected chi connectivity index (χ3v) is 4.97. The normalized spacial score (nSPS) is 23.5. The Morgan fingerprint density at radius 1 is 1.32 bits per heavy atom. The molecule has 3 rings (SSSR count). The van der Waals surface area contributed by atoms with Crippen LogP contribution in [0.2, 0.25) is 0 Å². The van der Waals surface area contributed by atoms with Crippen LogP contribution in [0.3, 0.4) is 0 Å². The third-order valence-electron chi connectivity index (χ3n) is 4.02. The molecule has 1 N–H and O–H groups in total. The number of thiazole rings is 1. The maximum atomic E-state index is 5.26. The summed E-state index contributed by atoms with van der Waals surface area (Å²) in [6.07, 6.45) is 5.30. The molecule has 1 aliphatic carbocycles. The lowest BCUT2D eigenvalue weighted by atomic mass is 9.86. The van der Waals surface area contributed by atoms with Crippen LogP contribution in [-0.4, -0.2) is 18.1 Å². The van der Waals surface area contributed by atoms with Gasteiger partial charge in [0.25, 0.3) is 0 Å². The minimum absolute atomic E-state index is 0.580. The fourth-order valence-electron chi connectivity index (χ4n) is 2.78. The van der Waals surface area contributed by atoms with Crippen molar-refractivity contribution in [1.29, 1.82) is 0 Å². The molecule has 1 aromatic heterocycles. The van der Waals surface area contributed by atoms with Crippen LogP contribution < -0.4 is 10.1 Å². The van der Waals surface area contributed by atoms with E-state index in [0.717, 1.165) is 22.3 Å². The predicted molar refractivity (Wildman–Crippen MR) is 81.2 cm³/mol. The molecule has 1 aromatic carbocycles. The molecule has 19 heavy (non-hydrogen) atoms. The van der Waals surface area contributed by atoms with Gasteiger partial charge >= 0.3 is 0 Å². The summed E-state index contributed by atoms with van der Waals surface area (Å²) in [6.45, 7) is 2.34. The second kappa shape index (κ2) is 5.37. The van der Waals surface area contributed by atoms with Gasteiger partial charge in [-0.05, 0) is 37.0 Å². The van der Waals surface area contributed by atoms with Crippen LogP contribution in [-0.2, 0) is 0 Å². The second-order valence-corrected chi connectivity index (χ2v) is 6.40. The molecule has 0 amide bonds. The molecular weight excluding hydrogens is 256 g/mol. The summed E-state index contributed by atoms with van der Waals surface area (Å²) in [6, 6.07) is 6.63. The lowest BCUT2D eigenvalue weighted by molar-refractivity contribution is 0.349. The highest BCUT2D eigenvalue weighted by atomic mass is 32.1. The first-order chi connectivity index (χ1) is 9.26. The van der Waals surface area contributed by atoms with Gasteiger partial charge in [0.05, 0.1) is 17.3 Å². The van der Waals surface area contributed by atoms with Crippen molar-refractivity contribution in [1.82, 2.24) is 4.98 Å². The Morgan fingerprint density at radius 3 is 2.95 bits per heavy atom. The van der Waals surface area contributed by atoms with E-state index in [0.29, 0.717) is 6.04 Å². The van der Waals surface area contributed by atoms with Gasteiger partial charge in [-0.25, -0.2) is 4.98 Å². The SMILES string of the molecule is COc1ccc2nc(N[C@@H]3CCCC[C@H]3C)sc2c1. The van der Waals surface area contributed by atoms with Gasteiger partial charge in [0.1, 0.15) is 5.75 Å². The van der Waals surface area contributed by atoms with Crippen LogP contribution in [0, 0.1) is 5.92 Å². The molecule has 0 spiro atoms. The van der Waals surface area contributed by atoms with Gasteiger partial charge in [-0.15, -0.1) is 0 Å². The molecule has 0 bridgehead atoms. The van der Waals surface area contributed by atoms with Crippen LogP contribution >= 0.6 is 11.3 Å². The number of anilines is 1. The molecule has 0 saturated heterocycles. The van der Waals surface area contributed by atoms with Crippen LogP contribution in [0.4, 0.5) is 5.13 Å². The number of benzene rings is 1. The number of nitrogens with one attached hydrogen (secondary N) is 1. The third kappa shape index (κ3) is 2.68. The summed E-state index contributed by atoms with van der Waals surface area (Å²) >= 11 is 1.72. The van der Waals surface area contributed by atoms with E-state index in [4.69, 9.17) is 4.74 Å². The quantitative estimate of drug-likeness (QED) is 0.907. The van der Waals surface area contributed by atoms with Crippen molar-refractivity contribution < 1.29 is 4.74 Å². The van der Waals surface area contributed by atoms with Crippen molar-refractivity contribution in [2.24, 2.45) is 5.92 Å². The number of hydrogen-bond acceptors (Lipinski definition) is 4. The minimum Gasteiger partial charge on any atom is -0.497 e. The topological polar surface area (TPSA) is 34.1 Å². The zero-order valence-corrected chi connectivity index (χ0v) is 12.3. The van der Waals surface area contributed by atoms with E-state index in [1.54, 1.807) is 18.4 Å². The maximum absolute atomic E-state index is 5.26. The van der Waals surface area contributed by atoms with Gasteiger partial charge in [0.2, 0.25) is 0 Å². The van der Waals surface area contributed by atoms with Gasteiger partial charge in [0.15, 0.2) is 5.13 Å². The Kier molecular flexibility index (Phi) is 3.60. The molecule has 3 nitrogen and oxygen atoms in total. The van der Waals surface area contributed by atoms with E-state index in [2.05, 4.69) is 23.3 Å². The zero-order valence-electron chi connectivity index (χ0n) is 11.5. The maximum Gasteiger partial charge on any atom is 0.184 e. The number of methoxy groups -OCH3 is 1. The molecule has 2 atom stereocenters. The van der Waals surface area contributed by atoms with E-state index >= 15 is 0 Å². The van der Waals surface area contributed by atoms with Gasteiger partial charge < -0.3 is 10.1 Å². The van der Waals surface area contributed by atoms with E-state index in [9.17, 15) is 0 Å². The Balaban J connectivity index is 1.81. The molecule has 102 valence electrons. The number of hydrogen-bond donors (Lipinski definition) is 1. The van der Waals surface area contributed by atoms with Crippen LogP contribution in [0.15, 0.2) is 18.2 Å². The molecule has 1 heterocycles. The van der Waals surface area contributed by atoms with Crippen molar-refractivity contribution >= 4 is 26.7 Å². The molecule has 0 unspecified atom stereocenters. The van der Waals surface area contributed by atoms with Crippen molar-refractivity contribution in [3.63, 3.8) is 0 Å². The summed E-state index contributed by atoms with van der Waals surface area (Å²) in [5.41, 5.74) is 1.05. The Morgan fingerprint density at radius 2 is 2.16 bits per heavy atom. The van der Waals surface area contributed by atoms with Crippen molar-refractivity contribution in [3.05, 3.63) is 18.2 Å². The number of aromatic nitrogens is 1. The Bertz CT molecular complexity index is 566. The molecule has 2 aromatic rings. The number of rotatable bonds is 3. The zero-order chi connectivity index (χ0) is 13.2. The van der Waals surface area contributed by atoms with Gasteiger partial charge in [-0.3, -0.25) is 0 Å². The summed E-state index contributed by atoms with van der Waals surface area (Å²) in [7, 11) is 1.70. The predicted octanol–water partition coefficient (Wildman–Crippen LogP) is 4.30. The van der Waals surface area contributed by atoms with Crippen LogP contribution in [0.5, 0.6) is 5.75 Å². The minimum atomic E-state index is 0.580. The van der Waals surface area contributed by atoms with E-state index in [-0.39, 0.29) is 0 Å². The molecule has 1 fully saturated rings. The molecule has 1 saturated carbocycles. The fourth-order valence-corrected chi connectivity index (χ4v) is 3.74. The Labute approximate surface area is 118 Å². The lowest BCUT2D eigenvalue weighted by Crippen LogP contribution is -2.30. The van der Waals surface area contributed by atoms with Crippen molar-refractivity contribution in [2.45, 2.75) is 38.6 Å². The van der Waals surface area contributed by atoms with E-state index in [1.807, 2.05) is 12.1 Å². The summed E-state index contributed by atoms with van der Waals surface area (Å²) in [5.74, 6) is 1.64. The van der Waals surface area contributed by atoms with Gasteiger partial charge in [0, 0.05) is 6.04 Å². The first-order valence-corrected chi connectivity index (χ1v) is 7.79. The van der Waals surface area contributed by atoms with Gasteiger partial charge in [-0.2, -0.15) is 0 Å². The molecule has 0 aliphatic heterocycles. The fraction of sp³-hybridized carbons (Fsp3) is 0.533. The number of ether oxygens (including phenoxy) is 1. The highest BCUT2D eigenvalue weighted by Gasteiger charge is 2.21. The highest BCUT2D eigenvalue weighted by Crippen LogP contribution is 2.32. The first-order valence-electron chi connectivity index (χ1n) is 6.97. The largest absolute Gasteiger partial charge is 0.497 e. The van der Waals surface area contributed by atoms with E-state index in [1.165, 1.54) is 30.4 Å². The average molecular weight is 276 g/mol. The number of fused-ring (bicyclic) bond motifs is 1. The smallest absolute Gasteiger partial charge is 0.184 e.